The minimum absolute atomic E-state index is 0.0173. The summed E-state index contributed by atoms with van der Waals surface area (Å²) in [5, 5.41) is 15.4. The first kappa shape index (κ1) is 21.2. The number of halogens is 2. The second kappa shape index (κ2) is 9.18. The van der Waals surface area contributed by atoms with Crippen molar-refractivity contribution in [2.24, 2.45) is 7.05 Å². The molecule has 2 aromatic rings. The van der Waals surface area contributed by atoms with E-state index in [9.17, 15) is 14.0 Å². The fraction of sp³-hybridized carbons (Fsp3) is 0.312. The number of aromatic nitrogens is 2. The summed E-state index contributed by atoms with van der Waals surface area (Å²) < 4.78 is 15.2. The van der Waals surface area contributed by atoms with Crippen LogP contribution in [0.3, 0.4) is 0 Å². The maximum atomic E-state index is 14.3. The van der Waals surface area contributed by atoms with E-state index >= 15 is 0 Å². The van der Waals surface area contributed by atoms with E-state index in [1.165, 1.54) is 37.9 Å². The number of hydrogen-bond acceptors (Lipinski definition) is 7. The lowest BCUT2D eigenvalue weighted by atomic mass is 10.2. The number of aryl methyl sites for hydroxylation is 1. The third kappa shape index (κ3) is 5.19. The van der Waals surface area contributed by atoms with Crippen molar-refractivity contribution in [2.75, 3.05) is 18.2 Å². The Balaban J connectivity index is 2.41. The largest absolute Gasteiger partial charge is 0.391 e. The molecule has 0 aliphatic carbocycles. The summed E-state index contributed by atoms with van der Waals surface area (Å²) in [6.45, 7) is 1.32. The molecular weight excluding hydrogens is 399 g/mol. The van der Waals surface area contributed by atoms with Crippen LogP contribution in [0, 0.1) is 5.82 Å². The third-order valence-electron chi connectivity index (χ3n) is 3.33. The average Bonchev–Trinajstić information content (AvgIpc) is 2.62. The normalized spacial score (nSPS) is 11.9. The second-order valence-electron chi connectivity index (χ2n) is 5.53. The van der Waals surface area contributed by atoms with Crippen molar-refractivity contribution >= 4 is 40.6 Å². The number of carbonyl (C=O) groups excluding carboxylic acids is 1. The highest BCUT2D eigenvalue weighted by Gasteiger charge is 2.22. The Hall–Kier alpha value is -2.14. The first-order valence-corrected chi connectivity index (χ1v) is 9.32. The number of hydroxylamine groups is 1. The number of benzene rings is 1. The Morgan fingerprint density at radius 1 is 1.52 bits per heavy atom. The van der Waals surface area contributed by atoms with Gasteiger partial charge in [0.05, 0.1) is 17.5 Å². The number of aliphatic hydroxyl groups excluding tert-OH is 1. The van der Waals surface area contributed by atoms with E-state index < -0.39 is 23.4 Å². The van der Waals surface area contributed by atoms with Gasteiger partial charge in [0.1, 0.15) is 17.4 Å². The van der Waals surface area contributed by atoms with E-state index in [2.05, 4.69) is 15.9 Å². The van der Waals surface area contributed by atoms with Crippen molar-refractivity contribution in [2.45, 2.75) is 17.9 Å². The second-order valence-corrected chi connectivity index (χ2v) is 6.79. The van der Waals surface area contributed by atoms with E-state index in [1.54, 1.807) is 12.3 Å². The molecule has 146 valence electrons. The predicted octanol–water partition coefficient (Wildman–Crippen LogP) is 2.08. The van der Waals surface area contributed by atoms with Gasteiger partial charge in [0.2, 0.25) is 0 Å². The molecule has 27 heavy (non-hydrogen) atoms. The van der Waals surface area contributed by atoms with Crippen LogP contribution in [0.25, 0.3) is 0 Å². The van der Waals surface area contributed by atoms with E-state index in [0.29, 0.717) is 4.90 Å². The van der Waals surface area contributed by atoms with Crippen LogP contribution in [0.15, 0.2) is 27.9 Å². The van der Waals surface area contributed by atoms with Crippen molar-refractivity contribution in [1.29, 1.82) is 0 Å². The Labute approximate surface area is 163 Å². The Bertz CT molecular complexity index is 907. The molecule has 0 radical (unpaired) electrons. The van der Waals surface area contributed by atoms with Crippen LogP contribution < -0.4 is 16.4 Å². The highest BCUT2D eigenvalue weighted by atomic mass is 35.5. The number of anilines is 2. The number of carbonyl (C=O) groups is 1. The van der Waals surface area contributed by atoms with E-state index in [4.69, 9.17) is 21.5 Å². The first-order chi connectivity index (χ1) is 12.7. The summed E-state index contributed by atoms with van der Waals surface area (Å²) in [5.74, 6) is -1.41. The van der Waals surface area contributed by atoms with Gasteiger partial charge in [0.25, 0.3) is 11.5 Å². The maximum absolute atomic E-state index is 14.3. The van der Waals surface area contributed by atoms with Crippen LogP contribution >= 0.6 is 23.4 Å². The van der Waals surface area contributed by atoms with Crippen molar-refractivity contribution in [3.8, 4) is 0 Å². The molecule has 0 saturated heterocycles. The van der Waals surface area contributed by atoms with Crippen molar-refractivity contribution in [3.05, 3.63) is 45.1 Å². The number of amides is 1. The Kier molecular flexibility index (Phi) is 7.19. The number of thioether (sulfide) groups is 1. The number of hydrogen-bond donors (Lipinski definition) is 3. The van der Waals surface area contributed by atoms with Gasteiger partial charge in [-0.15, -0.1) is 11.8 Å². The molecule has 11 heteroatoms. The van der Waals surface area contributed by atoms with Gasteiger partial charge < -0.3 is 10.4 Å². The molecule has 0 spiro atoms. The third-order valence-corrected chi connectivity index (χ3v) is 4.40. The zero-order valence-corrected chi connectivity index (χ0v) is 16.3. The SMILES string of the molecule is CSc1ccc(Nc2c(C(=O)NOC[C@H](C)O)nn(C)c(=O)c2Cl)c(F)c1. The molecule has 0 unspecified atom stereocenters. The summed E-state index contributed by atoms with van der Waals surface area (Å²) >= 11 is 7.43. The summed E-state index contributed by atoms with van der Waals surface area (Å²) in [4.78, 5) is 30.0. The van der Waals surface area contributed by atoms with Crippen LogP contribution in [-0.4, -0.2) is 39.8 Å². The van der Waals surface area contributed by atoms with Crippen LogP contribution in [0.5, 0.6) is 0 Å². The average molecular weight is 417 g/mol. The van der Waals surface area contributed by atoms with Crippen molar-refractivity contribution in [1.82, 2.24) is 15.3 Å². The monoisotopic (exact) mass is 416 g/mol. The van der Waals surface area contributed by atoms with Crippen molar-refractivity contribution in [3.63, 3.8) is 0 Å². The van der Waals surface area contributed by atoms with Crippen LogP contribution in [0.2, 0.25) is 5.02 Å². The van der Waals surface area contributed by atoms with Gasteiger partial charge in [0.15, 0.2) is 5.69 Å². The molecule has 1 heterocycles. The minimum atomic E-state index is -0.822. The smallest absolute Gasteiger partial charge is 0.297 e. The lowest BCUT2D eigenvalue weighted by Crippen LogP contribution is -2.32. The molecule has 1 atom stereocenters. The molecule has 0 fully saturated rings. The first-order valence-electron chi connectivity index (χ1n) is 7.72. The topological polar surface area (TPSA) is 105 Å². The Morgan fingerprint density at radius 2 is 2.22 bits per heavy atom. The van der Waals surface area contributed by atoms with Gasteiger partial charge in [-0.3, -0.25) is 14.4 Å². The van der Waals surface area contributed by atoms with Crippen LogP contribution in [0.4, 0.5) is 15.8 Å². The number of nitrogens with one attached hydrogen (secondary N) is 2. The fourth-order valence-electron chi connectivity index (χ4n) is 2.01. The molecule has 0 aliphatic heterocycles. The van der Waals surface area contributed by atoms with Crippen molar-refractivity contribution < 1.29 is 19.1 Å². The predicted molar refractivity (Wildman–Crippen MR) is 101 cm³/mol. The summed E-state index contributed by atoms with van der Waals surface area (Å²) in [7, 11) is 1.32. The van der Waals surface area contributed by atoms with E-state index in [0.717, 1.165) is 4.68 Å². The molecule has 2 rings (SSSR count). The quantitative estimate of drug-likeness (QED) is 0.468. The summed E-state index contributed by atoms with van der Waals surface area (Å²) in [6.07, 6.45) is 1.00. The maximum Gasteiger partial charge on any atom is 0.297 e. The van der Waals surface area contributed by atoms with Gasteiger partial charge in [-0.2, -0.15) is 5.10 Å². The van der Waals surface area contributed by atoms with E-state index in [-0.39, 0.29) is 28.7 Å². The fourth-order valence-corrected chi connectivity index (χ4v) is 2.69. The van der Waals surface area contributed by atoms with E-state index in [1.807, 2.05) is 0 Å². The zero-order valence-electron chi connectivity index (χ0n) is 14.7. The molecule has 1 amide bonds. The van der Waals surface area contributed by atoms with Crippen LogP contribution in [-0.2, 0) is 11.9 Å². The standard InChI is InChI=1S/C16H18ClFN4O4S/c1-8(23)7-26-21-15(24)14-13(12(17)16(25)22(2)20-14)19-11-5-4-9(27-3)6-10(11)18/h4-6,8,19,23H,7H2,1-3H3,(H,21,24)/t8-/m0/s1. The molecule has 1 aromatic carbocycles. The van der Waals surface area contributed by atoms with Gasteiger partial charge in [-0.1, -0.05) is 11.6 Å². The van der Waals surface area contributed by atoms with Crippen LogP contribution in [0.1, 0.15) is 17.4 Å². The Morgan fingerprint density at radius 3 is 2.81 bits per heavy atom. The molecule has 0 aliphatic rings. The molecule has 0 bridgehead atoms. The van der Waals surface area contributed by atoms with Gasteiger partial charge in [0, 0.05) is 11.9 Å². The number of nitrogens with zero attached hydrogens (tertiary/aromatic N) is 2. The molecule has 0 saturated carbocycles. The molecule has 1 aromatic heterocycles. The summed E-state index contributed by atoms with van der Waals surface area (Å²) in [5.41, 5.74) is 1.01. The summed E-state index contributed by atoms with van der Waals surface area (Å²) in [6, 6.07) is 4.44. The number of aliphatic hydroxyl groups is 1. The highest BCUT2D eigenvalue weighted by Crippen LogP contribution is 2.29. The lowest BCUT2D eigenvalue weighted by molar-refractivity contribution is -0.00717. The highest BCUT2D eigenvalue weighted by molar-refractivity contribution is 7.98. The molecule has 8 nitrogen and oxygen atoms in total. The van der Waals surface area contributed by atoms with Gasteiger partial charge >= 0.3 is 0 Å². The lowest BCUT2D eigenvalue weighted by Gasteiger charge is -2.15. The van der Waals surface area contributed by atoms with Gasteiger partial charge in [-0.05, 0) is 31.4 Å². The number of rotatable bonds is 7. The van der Waals surface area contributed by atoms with Gasteiger partial charge in [-0.25, -0.2) is 14.6 Å². The zero-order chi connectivity index (χ0) is 20.1. The molecular formula is C16H18ClFN4O4S. The minimum Gasteiger partial charge on any atom is -0.391 e. The molecule has 3 N–H and O–H groups in total.